The van der Waals surface area contributed by atoms with Crippen LogP contribution in [0.5, 0.6) is 0 Å². The monoisotopic (exact) mass is 406 g/mol. The summed E-state index contributed by atoms with van der Waals surface area (Å²) in [5.74, 6) is 0.737. The van der Waals surface area contributed by atoms with Gasteiger partial charge in [0.05, 0.1) is 17.3 Å². The maximum absolute atomic E-state index is 11.1. The summed E-state index contributed by atoms with van der Waals surface area (Å²) in [6, 6.07) is 18.2. The molecule has 1 N–H and O–H groups in total. The highest BCUT2D eigenvalue weighted by Crippen LogP contribution is 2.29. The van der Waals surface area contributed by atoms with Gasteiger partial charge in [0.15, 0.2) is 0 Å². The zero-order valence-electron chi connectivity index (χ0n) is 16.0. The van der Waals surface area contributed by atoms with E-state index < -0.39 is 5.60 Å². The Hall–Kier alpha value is -2.61. The fraction of sp³-hybridized carbons (Fsp3) is 0.318. The first-order chi connectivity index (χ1) is 14.2. The Labute approximate surface area is 173 Å². The largest absolute Gasteiger partial charge is 0.389 e. The molecular formula is C22H22N4O2S. The average molecular weight is 407 g/mol. The van der Waals surface area contributed by atoms with Crippen molar-refractivity contribution in [2.45, 2.75) is 31.4 Å². The number of nitrogens with zero attached hydrogens (tertiary/aromatic N) is 4. The van der Waals surface area contributed by atoms with E-state index in [1.54, 1.807) is 0 Å². The van der Waals surface area contributed by atoms with E-state index in [0.717, 1.165) is 60.5 Å². The van der Waals surface area contributed by atoms with Crippen molar-refractivity contribution in [2.24, 2.45) is 0 Å². The zero-order valence-corrected chi connectivity index (χ0v) is 16.8. The predicted octanol–water partition coefficient (Wildman–Crippen LogP) is 3.92. The first-order valence-corrected chi connectivity index (χ1v) is 10.6. The van der Waals surface area contributed by atoms with Crippen LogP contribution in [0.3, 0.4) is 0 Å². The molecule has 2 aromatic carbocycles. The Kier molecular flexibility index (Phi) is 4.87. The standard InChI is InChI=1S/C22H22N4O2S/c27-22(14-18-13-20(23-28-18)17-4-2-1-3-5-17)8-10-26(11-9-22)15-16-6-7-19-21(12-16)25-29-24-19/h1-7,12-13,27H,8-11,14-15H2. The molecule has 1 saturated heterocycles. The Morgan fingerprint density at radius 1 is 1.00 bits per heavy atom. The maximum Gasteiger partial charge on any atom is 0.140 e. The maximum atomic E-state index is 11.1. The van der Waals surface area contributed by atoms with E-state index in [4.69, 9.17) is 4.52 Å². The lowest BCUT2D eigenvalue weighted by molar-refractivity contribution is -0.0265. The van der Waals surface area contributed by atoms with Gasteiger partial charge in [-0.25, -0.2) is 0 Å². The second-order valence-corrected chi connectivity index (χ2v) is 8.34. The number of hydrogen-bond donors (Lipinski definition) is 1. The summed E-state index contributed by atoms with van der Waals surface area (Å²) in [7, 11) is 0. The third-order valence-corrected chi connectivity index (χ3v) is 6.20. The van der Waals surface area contributed by atoms with Crippen LogP contribution < -0.4 is 0 Å². The first kappa shape index (κ1) is 18.4. The zero-order chi connectivity index (χ0) is 19.7. The minimum Gasteiger partial charge on any atom is -0.389 e. The van der Waals surface area contributed by atoms with Crippen molar-refractivity contribution >= 4 is 22.8 Å². The molecular weight excluding hydrogens is 384 g/mol. The molecule has 0 aliphatic carbocycles. The highest BCUT2D eigenvalue weighted by Gasteiger charge is 2.33. The van der Waals surface area contributed by atoms with Crippen LogP contribution in [0.1, 0.15) is 24.2 Å². The molecule has 148 valence electrons. The third-order valence-electron chi connectivity index (χ3n) is 5.64. The van der Waals surface area contributed by atoms with E-state index in [9.17, 15) is 5.11 Å². The topological polar surface area (TPSA) is 75.3 Å². The van der Waals surface area contributed by atoms with E-state index in [0.29, 0.717) is 6.42 Å². The quantitative estimate of drug-likeness (QED) is 0.541. The van der Waals surface area contributed by atoms with Gasteiger partial charge in [-0.05, 0) is 30.5 Å². The fourth-order valence-electron chi connectivity index (χ4n) is 3.95. The molecule has 29 heavy (non-hydrogen) atoms. The number of likely N-dealkylation sites (tertiary alicyclic amines) is 1. The van der Waals surface area contributed by atoms with E-state index >= 15 is 0 Å². The molecule has 3 heterocycles. The summed E-state index contributed by atoms with van der Waals surface area (Å²) < 4.78 is 14.1. The number of aromatic nitrogens is 3. The molecule has 4 aromatic rings. The Morgan fingerprint density at radius 3 is 2.62 bits per heavy atom. The third kappa shape index (κ3) is 4.07. The summed E-state index contributed by atoms with van der Waals surface area (Å²) in [6.07, 6.45) is 1.93. The van der Waals surface area contributed by atoms with Gasteiger partial charge in [0.2, 0.25) is 0 Å². The second-order valence-electron chi connectivity index (χ2n) is 7.81. The molecule has 1 aliphatic heterocycles. The van der Waals surface area contributed by atoms with Crippen molar-refractivity contribution in [3.05, 3.63) is 65.9 Å². The van der Waals surface area contributed by atoms with Crippen LogP contribution in [-0.4, -0.2) is 42.6 Å². The molecule has 1 aliphatic rings. The minimum atomic E-state index is -0.743. The average Bonchev–Trinajstić information content (AvgIpc) is 3.39. The van der Waals surface area contributed by atoms with E-state index in [2.05, 4.69) is 30.9 Å². The van der Waals surface area contributed by atoms with Crippen LogP contribution in [0.4, 0.5) is 0 Å². The first-order valence-electron chi connectivity index (χ1n) is 9.84. The number of benzene rings is 2. The molecule has 6 nitrogen and oxygen atoms in total. The van der Waals surface area contributed by atoms with Gasteiger partial charge in [0, 0.05) is 37.7 Å². The lowest BCUT2D eigenvalue weighted by Crippen LogP contribution is -2.45. The van der Waals surface area contributed by atoms with Gasteiger partial charge in [0.25, 0.3) is 0 Å². The normalized spacial score (nSPS) is 17.0. The van der Waals surface area contributed by atoms with Gasteiger partial charge in [-0.1, -0.05) is 41.6 Å². The van der Waals surface area contributed by atoms with Crippen molar-refractivity contribution in [1.82, 2.24) is 18.8 Å². The Bertz CT molecular complexity index is 1100. The molecule has 0 amide bonds. The number of aliphatic hydroxyl groups is 1. The molecule has 2 aromatic heterocycles. The van der Waals surface area contributed by atoms with Crippen LogP contribution in [-0.2, 0) is 13.0 Å². The molecule has 0 saturated carbocycles. The predicted molar refractivity (Wildman–Crippen MR) is 113 cm³/mol. The Morgan fingerprint density at radius 2 is 1.79 bits per heavy atom. The number of hydrogen-bond acceptors (Lipinski definition) is 7. The molecule has 0 spiro atoms. The van der Waals surface area contributed by atoms with Crippen LogP contribution in [0.2, 0.25) is 0 Å². The number of rotatable bonds is 5. The van der Waals surface area contributed by atoms with E-state index in [-0.39, 0.29) is 0 Å². The molecule has 0 radical (unpaired) electrons. The molecule has 1 fully saturated rings. The van der Waals surface area contributed by atoms with Gasteiger partial charge in [-0.2, -0.15) is 8.75 Å². The highest BCUT2D eigenvalue weighted by atomic mass is 32.1. The molecule has 0 atom stereocenters. The minimum absolute atomic E-state index is 0.497. The van der Waals surface area contributed by atoms with Gasteiger partial charge in [0.1, 0.15) is 22.5 Å². The van der Waals surface area contributed by atoms with Gasteiger partial charge >= 0.3 is 0 Å². The molecule has 5 rings (SSSR count). The lowest BCUT2D eigenvalue weighted by atomic mass is 9.87. The SMILES string of the molecule is OC1(Cc2cc(-c3ccccc3)no2)CCN(Cc2ccc3nsnc3c2)CC1. The summed E-state index contributed by atoms with van der Waals surface area (Å²) in [5, 5.41) is 15.2. The summed E-state index contributed by atoms with van der Waals surface area (Å²) in [4.78, 5) is 2.38. The van der Waals surface area contributed by atoms with Crippen LogP contribution in [0.15, 0.2) is 59.1 Å². The van der Waals surface area contributed by atoms with Gasteiger partial charge in [-0.15, -0.1) is 0 Å². The highest BCUT2D eigenvalue weighted by molar-refractivity contribution is 7.00. The van der Waals surface area contributed by atoms with Gasteiger partial charge < -0.3 is 9.63 Å². The van der Waals surface area contributed by atoms with E-state index in [1.807, 2.05) is 42.5 Å². The summed E-state index contributed by atoms with van der Waals surface area (Å²) in [6.45, 7) is 2.57. The molecule has 7 heteroatoms. The van der Waals surface area contributed by atoms with Crippen LogP contribution in [0, 0.1) is 0 Å². The van der Waals surface area contributed by atoms with Crippen molar-refractivity contribution in [2.75, 3.05) is 13.1 Å². The summed E-state index contributed by atoms with van der Waals surface area (Å²) in [5.41, 5.74) is 4.24. The van der Waals surface area contributed by atoms with Gasteiger partial charge in [-0.3, -0.25) is 4.90 Å². The van der Waals surface area contributed by atoms with Crippen molar-refractivity contribution in [3.8, 4) is 11.3 Å². The van der Waals surface area contributed by atoms with Crippen LogP contribution >= 0.6 is 11.7 Å². The van der Waals surface area contributed by atoms with Crippen LogP contribution in [0.25, 0.3) is 22.3 Å². The van der Waals surface area contributed by atoms with Crippen molar-refractivity contribution in [1.29, 1.82) is 0 Å². The Balaban J connectivity index is 1.20. The summed E-state index contributed by atoms with van der Waals surface area (Å²) >= 11 is 1.25. The fourth-order valence-corrected chi connectivity index (χ4v) is 4.47. The molecule has 0 unspecified atom stereocenters. The number of piperidine rings is 1. The molecule has 0 bridgehead atoms. The van der Waals surface area contributed by atoms with Crippen molar-refractivity contribution in [3.63, 3.8) is 0 Å². The van der Waals surface area contributed by atoms with E-state index in [1.165, 1.54) is 17.3 Å². The second kappa shape index (κ2) is 7.67. The lowest BCUT2D eigenvalue weighted by Gasteiger charge is -2.37. The smallest absolute Gasteiger partial charge is 0.140 e. The van der Waals surface area contributed by atoms with Crippen molar-refractivity contribution < 1.29 is 9.63 Å². The number of fused-ring (bicyclic) bond motifs is 1.